The summed E-state index contributed by atoms with van der Waals surface area (Å²) in [6, 6.07) is 30.3. The number of ketones is 1. The molecule has 0 spiro atoms. The molecular formula is C46H50N2O5. The normalized spacial score (nSPS) is 13.1. The molecule has 1 heterocycles. The van der Waals surface area contributed by atoms with E-state index in [0.717, 1.165) is 80.6 Å². The fraction of sp³-hybridized carbons (Fsp3) is 0.326. The van der Waals surface area contributed by atoms with E-state index in [9.17, 15) is 9.59 Å². The summed E-state index contributed by atoms with van der Waals surface area (Å²) >= 11 is 0. The van der Waals surface area contributed by atoms with E-state index in [1.54, 1.807) is 7.11 Å². The largest absolute Gasteiger partial charge is 0.488 e. The molecule has 0 aliphatic heterocycles. The number of hydrogen-bond donors (Lipinski definition) is 0. The average Bonchev–Trinajstić information content (AvgIpc) is 3.46. The standard InChI is InChI=1S/C46H50N2O5/c1-8-10-16-33(9-2)27-48-43-23-20-34(44(47-53-32(6)49)36-17-12-11-15-29(36)3)25-40(43)41-26-42(38-18-13-14-19-39(38)45(41)48)46(50)37-22-21-35(24-30(37)4)52-31(5)28-51-7/h11-15,17-26,31,33H,8-10,16,27-28H2,1-7H3. The van der Waals surface area contributed by atoms with Crippen molar-refractivity contribution in [3.8, 4) is 5.75 Å². The number of methoxy groups -OCH3 is 1. The van der Waals surface area contributed by atoms with Crippen LogP contribution in [-0.4, -0.2) is 41.9 Å². The van der Waals surface area contributed by atoms with E-state index in [1.165, 1.54) is 13.3 Å². The second-order valence-electron chi connectivity index (χ2n) is 14.2. The first-order valence-corrected chi connectivity index (χ1v) is 18.8. The van der Waals surface area contributed by atoms with Crippen LogP contribution in [-0.2, 0) is 20.9 Å². The van der Waals surface area contributed by atoms with Crippen molar-refractivity contribution in [3.05, 3.63) is 124 Å². The van der Waals surface area contributed by atoms with Gasteiger partial charge in [0.05, 0.1) is 12.1 Å². The number of hydrogen-bond acceptors (Lipinski definition) is 6. The highest BCUT2D eigenvalue weighted by Gasteiger charge is 2.24. The predicted molar refractivity (Wildman–Crippen MR) is 215 cm³/mol. The third-order valence-electron chi connectivity index (χ3n) is 10.2. The molecule has 0 aliphatic carbocycles. The Bertz CT molecular complexity index is 2320. The van der Waals surface area contributed by atoms with Crippen LogP contribution in [0, 0.1) is 19.8 Å². The van der Waals surface area contributed by atoms with E-state index < -0.39 is 5.97 Å². The van der Waals surface area contributed by atoms with Gasteiger partial charge in [-0.1, -0.05) is 92.9 Å². The van der Waals surface area contributed by atoms with Crippen LogP contribution in [0.4, 0.5) is 0 Å². The zero-order valence-corrected chi connectivity index (χ0v) is 32.0. The lowest BCUT2D eigenvalue weighted by Crippen LogP contribution is -2.18. The number of unbranched alkanes of at least 4 members (excludes halogenated alkanes) is 1. The second kappa shape index (κ2) is 16.6. The summed E-state index contributed by atoms with van der Waals surface area (Å²) in [5, 5.41) is 8.35. The van der Waals surface area contributed by atoms with Crippen molar-refractivity contribution in [3.63, 3.8) is 0 Å². The van der Waals surface area contributed by atoms with E-state index in [1.807, 2.05) is 69.3 Å². The smallest absolute Gasteiger partial charge is 0.332 e. The highest BCUT2D eigenvalue weighted by molar-refractivity contribution is 6.27. The van der Waals surface area contributed by atoms with Crippen molar-refractivity contribution >= 4 is 50.0 Å². The van der Waals surface area contributed by atoms with E-state index >= 15 is 0 Å². The minimum absolute atomic E-state index is 0.0412. The zero-order chi connectivity index (χ0) is 37.6. The van der Waals surface area contributed by atoms with Crippen molar-refractivity contribution in [1.29, 1.82) is 0 Å². The molecule has 7 nitrogen and oxygen atoms in total. The molecular weight excluding hydrogens is 661 g/mol. The van der Waals surface area contributed by atoms with Gasteiger partial charge in [-0.05, 0) is 86.0 Å². The van der Waals surface area contributed by atoms with Gasteiger partial charge in [0, 0.05) is 64.5 Å². The number of carbonyl (C=O) groups is 2. The molecule has 0 radical (unpaired) electrons. The maximum absolute atomic E-state index is 14.7. The molecule has 7 heteroatoms. The Labute approximate surface area is 312 Å². The highest BCUT2D eigenvalue weighted by Crippen LogP contribution is 2.39. The molecule has 0 saturated heterocycles. The lowest BCUT2D eigenvalue weighted by molar-refractivity contribution is -0.140. The molecule has 0 fully saturated rings. The topological polar surface area (TPSA) is 79.1 Å². The molecule has 2 atom stereocenters. The fourth-order valence-electron chi connectivity index (χ4n) is 7.48. The Kier molecular flexibility index (Phi) is 11.7. The Balaban J connectivity index is 1.60. The van der Waals surface area contributed by atoms with Gasteiger partial charge in [0.1, 0.15) is 17.6 Å². The fourth-order valence-corrected chi connectivity index (χ4v) is 7.48. The molecule has 1 aromatic heterocycles. The monoisotopic (exact) mass is 710 g/mol. The Hall–Kier alpha value is -5.27. The maximum Gasteiger partial charge on any atom is 0.332 e. The minimum Gasteiger partial charge on any atom is -0.488 e. The van der Waals surface area contributed by atoms with Crippen LogP contribution >= 0.6 is 0 Å². The third kappa shape index (κ3) is 7.91. The first-order chi connectivity index (χ1) is 25.6. The van der Waals surface area contributed by atoms with Gasteiger partial charge < -0.3 is 18.9 Å². The number of rotatable bonds is 15. The summed E-state index contributed by atoms with van der Waals surface area (Å²) in [7, 11) is 1.65. The molecule has 53 heavy (non-hydrogen) atoms. The molecule has 6 rings (SSSR count). The third-order valence-corrected chi connectivity index (χ3v) is 10.2. The van der Waals surface area contributed by atoms with Crippen LogP contribution in [0.1, 0.15) is 91.6 Å². The Morgan fingerprint density at radius 1 is 0.792 bits per heavy atom. The van der Waals surface area contributed by atoms with Crippen LogP contribution in [0.25, 0.3) is 32.6 Å². The first kappa shape index (κ1) is 37.5. The summed E-state index contributed by atoms with van der Waals surface area (Å²) in [4.78, 5) is 31.9. The Morgan fingerprint density at radius 2 is 1.55 bits per heavy atom. The molecule has 0 saturated carbocycles. The molecule has 5 aromatic carbocycles. The first-order valence-electron chi connectivity index (χ1n) is 18.8. The van der Waals surface area contributed by atoms with Gasteiger partial charge in [0.25, 0.3) is 0 Å². The zero-order valence-electron chi connectivity index (χ0n) is 32.0. The van der Waals surface area contributed by atoms with Crippen molar-refractivity contribution < 1.29 is 23.9 Å². The number of carbonyl (C=O) groups excluding carboxylic acids is 2. The lowest BCUT2D eigenvalue weighted by atomic mass is 9.92. The van der Waals surface area contributed by atoms with Crippen LogP contribution in [0.2, 0.25) is 0 Å². The van der Waals surface area contributed by atoms with E-state index in [4.69, 9.17) is 14.3 Å². The van der Waals surface area contributed by atoms with E-state index in [2.05, 4.69) is 66.0 Å². The summed E-state index contributed by atoms with van der Waals surface area (Å²) in [6.07, 6.45) is 4.44. The average molecular weight is 711 g/mol. The molecule has 0 bridgehead atoms. The second-order valence-corrected chi connectivity index (χ2v) is 14.2. The van der Waals surface area contributed by atoms with Crippen molar-refractivity contribution in [2.75, 3.05) is 13.7 Å². The van der Waals surface area contributed by atoms with Crippen molar-refractivity contribution in [2.45, 2.75) is 79.9 Å². The number of aromatic nitrogens is 1. The van der Waals surface area contributed by atoms with Gasteiger partial charge in [-0.15, -0.1) is 0 Å². The van der Waals surface area contributed by atoms with Gasteiger partial charge in [0.2, 0.25) is 0 Å². The van der Waals surface area contributed by atoms with Gasteiger partial charge in [-0.3, -0.25) is 4.79 Å². The molecule has 0 amide bonds. The van der Waals surface area contributed by atoms with Gasteiger partial charge in [-0.25, -0.2) is 4.79 Å². The summed E-state index contributed by atoms with van der Waals surface area (Å²) in [6.45, 7) is 13.1. The van der Waals surface area contributed by atoms with Crippen LogP contribution in [0.5, 0.6) is 5.75 Å². The molecule has 0 aliphatic rings. The van der Waals surface area contributed by atoms with Crippen LogP contribution < -0.4 is 4.74 Å². The summed E-state index contributed by atoms with van der Waals surface area (Å²) in [5.74, 6) is 0.672. The molecule has 6 aromatic rings. The highest BCUT2D eigenvalue weighted by atomic mass is 16.7. The lowest BCUT2D eigenvalue weighted by Gasteiger charge is -2.19. The number of fused-ring (bicyclic) bond motifs is 5. The minimum atomic E-state index is -0.486. The SMILES string of the molecule is CCCCC(CC)Cn1c2ccc(C(=NOC(C)=O)c3ccccc3C)cc2c2cc(C(=O)c3ccc(OC(C)COC)cc3C)c3ccccc3c21. The predicted octanol–water partition coefficient (Wildman–Crippen LogP) is 10.7. The quantitative estimate of drug-likeness (QED) is 0.0459. The maximum atomic E-state index is 14.7. The van der Waals surface area contributed by atoms with Crippen LogP contribution in [0.15, 0.2) is 96.2 Å². The van der Waals surface area contributed by atoms with E-state index in [0.29, 0.717) is 35.1 Å². The van der Waals surface area contributed by atoms with Gasteiger partial charge >= 0.3 is 5.97 Å². The number of ether oxygens (including phenoxy) is 2. The van der Waals surface area contributed by atoms with E-state index in [-0.39, 0.29) is 11.9 Å². The molecule has 2 unspecified atom stereocenters. The number of oxime groups is 1. The van der Waals surface area contributed by atoms with Crippen molar-refractivity contribution in [1.82, 2.24) is 4.57 Å². The number of benzene rings is 5. The Morgan fingerprint density at radius 3 is 2.25 bits per heavy atom. The van der Waals surface area contributed by atoms with Gasteiger partial charge in [0.15, 0.2) is 5.78 Å². The summed E-state index contributed by atoms with van der Waals surface area (Å²) in [5.41, 5.74) is 7.61. The molecule has 274 valence electrons. The number of aryl methyl sites for hydroxylation is 2. The molecule has 0 N–H and O–H groups in total. The van der Waals surface area contributed by atoms with Gasteiger partial charge in [-0.2, -0.15) is 0 Å². The number of nitrogens with zero attached hydrogens (tertiary/aromatic N) is 2. The van der Waals surface area contributed by atoms with Crippen molar-refractivity contribution in [2.24, 2.45) is 11.1 Å². The van der Waals surface area contributed by atoms with Crippen LogP contribution in [0.3, 0.4) is 0 Å². The summed E-state index contributed by atoms with van der Waals surface area (Å²) < 4.78 is 13.7.